The van der Waals surface area contributed by atoms with Crippen LogP contribution in [0, 0.1) is 0 Å². The van der Waals surface area contributed by atoms with E-state index in [2.05, 4.69) is 45.2 Å². The van der Waals surface area contributed by atoms with E-state index >= 15 is 0 Å². The number of aromatic nitrogens is 3. The maximum Gasteiger partial charge on any atom is 0.238 e. The van der Waals surface area contributed by atoms with Crippen molar-refractivity contribution < 1.29 is 4.79 Å². The summed E-state index contributed by atoms with van der Waals surface area (Å²) >= 11 is 3.32. The first kappa shape index (κ1) is 14.0. The molecule has 2 heterocycles. The number of hydrogen-bond acceptors (Lipinski definition) is 3. The number of nitrogens with zero attached hydrogens (tertiary/aromatic N) is 3. The first-order chi connectivity index (χ1) is 9.02. The lowest BCUT2D eigenvalue weighted by molar-refractivity contribution is -0.115. The average molecular weight is 325 g/mol. The Balaban J connectivity index is 2.25. The predicted molar refractivity (Wildman–Crippen MR) is 79.5 cm³/mol. The molecule has 0 fully saturated rings. The summed E-state index contributed by atoms with van der Waals surface area (Å²) in [4.78, 5) is 16.0. The van der Waals surface area contributed by atoms with Crippen LogP contribution in [0.3, 0.4) is 0 Å². The van der Waals surface area contributed by atoms with Gasteiger partial charge in [0.05, 0.1) is 22.9 Å². The molecule has 0 aliphatic carbocycles. The number of anilines is 1. The molecule has 102 valence electrons. The van der Waals surface area contributed by atoms with Crippen molar-refractivity contribution in [2.24, 2.45) is 0 Å². The molecule has 0 radical (unpaired) electrons. The number of fused-ring (bicyclic) bond motifs is 1. The van der Waals surface area contributed by atoms with E-state index in [4.69, 9.17) is 0 Å². The zero-order chi connectivity index (χ0) is 14.0. The Bertz CT molecular complexity index is 593. The van der Waals surface area contributed by atoms with Gasteiger partial charge in [-0.2, -0.15) is 5.10 Å². The van der Waals surface area contributed by atoms with Gasteiger partial charge in [-0.05, 0) is 26.3 Å². The van der Waals surface area contributed by atoms with Gasteiger partial charge in [0, 0.05) is 11.4 Å². The van der Waals surface area contributed by atoms with E-state index in [1.165, 1.54) is 0 Å². The highest BCUT2D eigenvalue weighted by Gasteiger charge is 2.13. The number of nitrogens with one attached hydrogen (secondary N) is 1. The predicted octanol–water partition coefficient (Wildman–Crippen LogP) is 3.12. The molecule has 0 saturated carbocycles. The second-order valence-corrected chi connectivity index (χ2v) is 5.79. The van der Waals surface area contributed by atoms with Gasteiger partial charge in [0.15, 0.2) is 5.65 Å². The Morgan fingerprint density at radius 3 is 2.84 bits per heavy atom. The van der Waals surface area contributed by atoms with E-state index in [0.29, 0.717) is 5.69 Å². The third-order valence-electron chi connectivity index (χ3n) is 2.83. The van der Waals surface area contributed by atoms with Crippen LogP contribution < -0.4 is 5.32 Å². The Morgan fingerprint density at radius 2 is 2.21 bits per heavy atom. The van der Waals surface area contributed by atoms with Crippen LogP contribution in [0.25, 0.3) is 11.0 Å². The van der Waals surface area contributed by atoms with Crippen molar-refractivity contribution in [2.45, 2.75) is 38.1 Å². The van der Waals surface area contributed by atoms with Gasteiger partial charge in [0.25, 0.3) is 0 Å². The SMILES string of the molecule is CCC(Br)C(=O)Nc1cnc2c(cnn2C(C)C)c1. The first-order valence-electron chi connectivity index (χ1n) is 6.31. The van der Waals surface area contributed by atoms with Gasteiger partial charge in [-0.15, -0.1) is 0 Å². The molecule has 5 nitrogen and oxygen atoms in total. The van der Waals surface area contributed by atoms with E-state index in [9.17, 15) is 4.79 Å². The fraction of sp³-hybridized carbons (Fsp3) is 0.462. The molecule has 2 aromatic heterocycles. The van der Waals surface area contributed by atoms with Gasteiger partial charge >= 0.3 is 0 Å². The quantitative estimate of drug-likeness (QED) is 0.879. The summed E-state index contributed by atoms with van der Waals surface area (Å²) in [6, 6.07) is 2.15. The molecule has 2 aromatic rings. The fourth-order valence-electron chi connectivity index (χ4n) is 1.79. The highest BCUT2D eigenvalue weighted by atomic mass is 79.9. The number of rotatable bonds is 4. The standard InChI is InChI=1S/C13H17BrN4O/c1-4-11(14)13(19)17-10-5-9-6-16-18(8(2)3)12(9)15-7-10/h5-8,11H,4H2,1-3H3,(H,17,19). The van der Waals surface area contributed by atoms with E-state index in [-0.39, 0.29) is 16.8 Å². The van der Waals surface area contributed by atoms with Crippen LogP contribution in [0.1, 0.15) is 33.2 Å². The van der Waals surface area contributed by atoms with Gasteiger partial charge in [-0.1, -0.05) is 22.9 Å². The lowest BCUT2D eigenvalue weighted by Gasteiger charge is -2.09. The summed E-state index contributed by atoms with van der Waals surface area (Å²) < 4.78 is 1.86. The second kappa shape index (κ2) is 5.69. The van der Waals surface area contributed by atoms with E-state index in [1.807, 2.05) is 17.7 Å². The molecule has 0 saturated heterocycles. The molecular weight excluding hydrogens is 308 g/mol. The van der Waals surface area contributed by atoms with Crippen LogP contribution in [0.5, 0.6) is 0 Å². The average Bonchev–Trinajstić information content (AvgIpc) is 2.80. The molecule has 0 spiro atoms. The van der Waals surface area contributed by atoms with Crippen molar-refractivity contribution in [1.82, 2.24) is 14.8 Å². The number of alkyl halides is 1. The van der Waals surface area contributed by atoms with Crippen LogP contribution >= 0.6 is 15.9 Å². The normalized spacial score (nSPS) is 12.9. The number of halogens is 1. The van der Waals surface area contributed by atoms with Crippen LogP contribution in [0.2, 0.25) is 0 Å². The number of pyridine rings is 1. The Labute approximate surface area is 120 Å². The minimum Gasteiger partial charge on any atom is -0.324 e. The van der Waals surface area contributed by atoms with Crippen molar-refractivity contribution in [3.8, 4) is 0 Å². The maximum absolute atomic E-state index is 11.8. The molecule has 1 N–H and O–H groups in total. The summed E-state index contributed by atoms with van der Waals surface area (Å²) in [5, 5.41) is 8.06. The fourth-order valence-corrected chi connectivity index (χ4v) is 1.91. The molecule has 1 atom stereocenters. The smallest absolute Gasteiger partial charge is 0.238 e. The zero-order valence-electron chi connectivity index (χ0n) is 11.2. The lowest BCUT2D eigenvalue weighted by atomic mass is 10.3. The number of hydrogen-bond donors (Lipinski definition) is 1. The molecular formula is C13H17BrN4O. The Morgan fingerprint density at radius 1 is 1.47 bits per heavy atom. The first-order valence-corrected chi connectivity index (χ1v) is 7.22. The molecule has 19 heavy (non-hydrogen) atoms. The zero-order valence-corrected chi connectivity index (χ0v) is 12.8. The van der Waals surface area contributed by atoms with Gasteiger partial charge in [0.1, 0.15) is 0 Å². The monoisotopic (exact) mass is 324 g/mol. The Hall–Kier alpha value is -1.43. The largest absolute Gasteiger partial charge is 0.324 e. The molecule has 0 aromatic carbocycles. The molecule has 0 aliphatic heterocycles. The van der Waals surface area contributed by atoms with Crippen LogP contribution in [-0.2, 0) is 4.79 Å². The molecule has 1 unspecified atom stereocenters. The maximum atomic E-state index is 11.8. The van der Waals surface area contributed by atoms with Gasteiger partial charge in [-0.3, -0.25) is 4.79 Å². The third kappa shape index (κ3) is 2.94. The lowest BCUT2D eigenvalue weighted by Crippen LogP contribution is -2.22. The van der Waals surface area contributed by atoms with E-state index in [0.717, 1.165) is 17.5 Å². The van der Waals surface area contributed by atoms with Crippen molar-refractivity contribution >= 4 is 38.6 Å². The number of carbonyl (C=O) groups is 1. The van der Waals surface area contributed by atoms with Gasteiger partial charge < -0.3 is 5.32 Å². The van der Waals surface area contributed by atoms with Crippen LogP contribution in [-0.4, -0.2) is 25.5 Å². The molecule has 0 aliphatic rings. The second-order valence-electron chi connectivity index (χ2n) is 4.68. The van der Waals surface area contributed by atoms with Crippen molar-refractivity contribution in [2.75, 3.05) is 5.32 Å². The minimum atomic E-state index is -0.179. The number of carbonyl (C=O) groups excluding carboxylic acids is 1. The third-order valence-corrected chi connectivity index (χ3v) is 3.90. The topological polar surface area (TPSA) is 59.8 Å². The summed E-state index contributed by atoms with van der Waals surface area (Å²) in [6.07, 6.45) is 4.17. The highest BCUT2D eigenvalue weighted by Crippen LogP contribution is 2.19. The van der Waals surface area contributed by atoms with Crippen LogP contribution in [0.15, 0.2) is 18.5 Å². The van der Waals surface area contributed by atoms with Crippen molar-refractivity contribution in [1.29, 1.82) is 0 Å². The van der Waals surface area contributed by atoms with Crippen molar-refractivity contribution in [3.63, 3.8) is 0 Å². The van der Waals surface area contributed by atoms with Gasteiger partial charge in [-0.25, -0.2) is 9.67 Å². The number of amides is 1. The molecule has 0 bridgehead atoms. The van der Waals surface area contributed by atoms with Crippen LogP contribution in [0.4, 0.5) is 5.69 Å². The minimum absolute atomic E-state index is 0.0556. The summed E-state index contributed by atoms with van der Waals surface area (Å²) in [7, 11) is 0. The summed E-state index contributed by atoms with van der Waals surface area (Å²) in [5.41, 5.74) is 1.53. The molecule has 2 rings (SSSR count). The highest BCUT2D eigenvalue weighted by molar-refractivity contribution is 9.10. The Kier molecular flexibility index (Phi) is 4.19. The van der Waals surface area contributed by atoms with E-state index < -0.39 is 0 Å². The molecule has 1 amide bonds. The van der Waals surface area contributed by atoms with Crippen molar-refractivity contribution in [3.05, 3.63) is 18.5 Å². The van der Waals surface area contributed by atoms with Gasteiger partial charge in [0.2, 0.25) is 5.91 Å². The molecule has 6 heteroatoms. The van der Waals surface area contributed by atoms with E-state index in [1.54, 1.807) is 12.4 Å². The summed E-state index contributed by atoms with van der Waals surface area (Å²) in [5.74, 6) is -0.0556. The summed E-state index contributed by atoms with van der Waals surface area (Å²) in [6.45, 7) is 6.06.